The molecule has 1 N–H and O–H groups in total. The third-order valence-corrected chi connectivity index (χ3v) is 1.47. The van der Waals surface area contributed by atoms with E-state index in [0.29, 0.717) is 5.56 Å². The van der Waals surface area contributed by atoms with E-state index >= 15 is 0 Å². The molecule has 0 aromatic heterocycles. The van der Waals surface area contributed by atoms with Crippen LogP contribution in [0.5, 0.6) is 0 Å². The van der Waals surface area contributed by atoms with Crippen LogP contribution in [0, 0.1) is 0 Å². The highest BCUT2D eigenvalue weighted by molar-refractivity contribution is 5.89. The van der Waals surface area contributed by atoms with Crippen molar-refractivity contribution in [3.63, 3.8) is 0 Å². The molecular formula is C12H18O3. The molecule has 84 valence electrons. The van der Waals surface area contributed by atoms with Gasteiger partial charge in [-0.05, 0) is 19.1 Å². The summed E-state index contributed by atoms with van der Waals surface area (Å²) in [6.45, 7) is 5.60. The second kappa shape index (κ2) is 8.00. The van der Waals surface area contributed by atoms with E-state index in [4.69, 9.17) is 9.84 Å². The Hall–Kier alpha value is -1.35. The van der Waals surface area contributed by atoms with Crippen molar-refractivity contribution in [2.24, 2.45) is 0 Å². The van der Waals surface area contributed by atoms with Crippen molar-refractivity contribution in [2.75, 3.05) is 6.61 Å². The van der Waals surface area contributed by atoms with Crippen molar-refractivity contribution in [1.82, 2.24) is 0 Å². The highest BCUT2D eigenvalue weighted by Crippen LogP contribution is 2.01. The minimum Gasteiger partial charge on any atom is -0.459 e. The maximum atomic E-state index is 11.2. The van der Waals surface area contributed by atoms with E-state index < -0.39 is 12.1 Å². The Bertz CT molecular complexity index is 267. The Morgan fingerprint density at radius 3 is 2.33 bits per heavy atom. The first-order valence-electron chi connectivity index (χ1n) is 5.10. The third kappa shape index (κ3) is 5.86. The van der Waals surface area contributed by atoms with E-state index in [2.05, 4.69) is 0 Å². The van der Waals surface area contributed by atoms with Crippen LogP contribution in [0.25, 0.3) is 0 Å². The van der Waals surface area contributed by atoms with E-state index in [9.17, 15) is 4.79 Å². The van der Waals surface area contributed by atoms with Crippen LogP contribution >= 0.6 is 0 Å². The Morgan fingerprint density at radius 1 is 1.33 bits per heavy atom. The van der Waals surface area contributed by atoms with Gasteiger partial charge in [-0.1, -0.05) is 32.0 Å². The van der Waals surface area contributed by atoms with E-state index in [-0.39, 0.29) is 6.61 Å². The van der Waals surface area contributed by atoms with Crippen LogP contribution in [0.4, 0.5) is 0 Å². The fourth-order valence-electron chi connectivity index (χ4n) is 0.854. The molecule has 0 saturated carbocycles. The number of aliphatic hydroxyl groups is 1. The number of ether oxygens (including phenoxy) is 1. The van der Waals surface area contributed by atoms with Gasteiger partial charge in [0.1, 0.15) is 6.61 Å². The van der Waals surface area contributed by atoms with Crippen LogP contribution < -0.4 is 0 Å². The second-order valence-corrected chi connectivity index (χ2v) is 2.81. The molecule has 0 aliphatic heterocycles. The summed E-state index contributed by atoms with van der Waals surface area (Å²) in [6, 6.07) is 8.69. The highest BCUT2D eigenvalue weighted by atomic mass is 16.5. The van der Waals surface area contributed by atoms with E-state index in [1.165, 1.54) is 0 Å². The van der Waals surface area contributed by atoms with Crippen molar-refractivity contribution in [3.8, 4) is 0 Å². The smallest absolute Gasteiger partial charge is 0.338 e. The van der Waals surface area contributed by atoms with Crippen LogP contribution in [0.15, 0.2) is 30.3 Å². The summed E-state index contributed by atoms with van der Waals surface area (Å²) in [5.41, 5.74) is 0.503. The molecule has 1 aromatic carbocycles. The van der Waals surface area contributed by atoms with Crippen molar-refractivity contribution in [3.05, 3.63) is 35.9 Å². The Balaban J connectivity index is 0.000000921. The lowest BCUT2D eigenvalue weighted by Gasteiger charge is -2.05. The molecule has 1 rings (SSSR count). The van der Waals surface area contributed by atoms with Gasteiger partial charge in [-0.3, -0.25) is 0 Å². The largest absolute Gasteiger partial charge is 0.459 e. The number of carbonyl (C=O) groups is 1. The average molecular weight is 210 g/mol. The maximum Gasteiger partial charge on any atom is 0.338 e. The molecule has 0 spiro atoms. The molecule has 0 radical (unpaired) electrons. The van der Waals surface area contributed by atoms with Gasteiger partial charge in [0.25, 0.3) is 0 Å². The fraction of sp³-hybridized carbons (Fsp3) is 0.417. The molecule has 0 aliphatic rings. The molecule has 0 aliphatic carbocycles. The summed E-state index contributed by atoms with van der Waals surface area (Å²) >= 11 is 0. The molecular weight excluding hydrogens is 192 g/mol. The maximum absolute atomic E-state index is 11.2. The first kappa shape index (κ1) is 13.7. The lowest BCUT2D eigenvalue weighted by atomic mass is 10.2. The van der Waals surface area contributed by atoms with Crippen LogP contribution in [-0.4, -0.2) is 23.8 Å². The molecule has 0 heterocycles. The van der Waals surface area contributed by atoms with Crippen molar-refractivity contribution < 1.29 is 14.6 Å². The zero-order chi connectivity index (χ0) is 11.7. The SMILES string of the molecule is CC.CC(O)COC(=O)c1ccccc1. The number of aliphatic hydroxyl groups excluding tert-OH is 1. The minimum atomic E-state index is -0.618. The quantitative estimate of drug-likeness (QED) is 0.778. The summed E-state index contributed by atoms with van der Waals surface area (Å²) in [5.74, 6) is -0.401. The molecule has 3 nitrogen and oxygen atoms in total. The number of rotatable bonds is 3. The number of hydrogen-bond donors (Lipinski definition) is 1. The van der Waals surface area contributed by atoms with Gasteiger partial charge in [-0.15, -0.1) is 0 Å². The van der Waals surface area contributed by atoms with Crippen molar-refractivity contribution >= 4 is 5.97 Å². The Kier molecular flexibility index (Phi) is 7.28. The van der Waals surface area contributed by atoms with Crippen LogP contribution in [0.1, 0.15) is 31.1 Å². The lowest BCUT2D eigenvalue weighted by molar-refractivity contribution is 0.0296. The van der Waals surface area contributed by atoms with Crippen LogP contribution in [0.3, 0.4) is 0 Å². The summed E-state index contributed by atoms with van der Waals surface area (Å²) < 4.78 is 4.80. The first-order chi connectivity index (χ1) is 7.20. The molecule has 0 fully saturated rings. The van der Waals surface area contributed by atoms with Gasteiger partial charge in [0.15, 0.2) is 0 Å². The monoisotopic (exact) mass is 210 g/mol. The minimum absolute atomic E-state index is 0.0354. The fourth-order valence-corrected chi connectivity index (χ4v) is 0.854. The molecule has 1 unspecified atom stereocenters. The summed E-state index contributed by atoms with van der Waals surface area (Å²) in [7, 11) is 0. The number of hydrogen-bond acceptors (Lipinski definition) is 3. The number of benzene rings is 1. The van der Waals surface area contributed by atoms with Crippen LogP contribution in [0.2, 0.25) is 0 Å². The van der Waals surface area contributed by atoms with Crippen molar-refractivity contribution in [2.45, 2.75) is 26.9 Å². The van der Waals surface area contributed by atoms with E-state index in [1.807, 2.05) is 19.9 Å². The first-order valence-corrected chi connectivity index (χ1v) is 5.10. The second-order valence-electron chi connectivity index (χ2n) is 2.81. The van der Waals surface area contributed by atoms with Crippen LogP contribution in [-0.2, 0) is 4.74 Å². The highest BCUT2D eigenvalue weighted by Gasteiger charge is 2.06. The zero-order valence-corrected chi connectivity index (χ0v) is 9.43. The van der Waals surface area contributed by atoms with Gasteiger partial charge < -0.3 is 9.84 Å². The zero-order valence-electron chi connectivity index (χ0n) is 9.43. The van der Waals surface area contributed by atoms with Gasteiger partial charge in [-0.2, -0.15) is 0 Å². The van der Waals surface area contributed by atoms with Crippen molar-refractivity contribution in [1.29, 1.82) is 0 Å². The average Bonchev–Trinajstić information content (AvgIpc) is 2.30. The summed E-state index contributed by atoms with van der Waals surface area (Å²) in [6.07, 6.45) is -0.618. The standard InChI is InChI=1S/C10H12O3.C2H6/c1-8(11)7-13-10(12)9-5-3-2-4-6-9;1-2/h2-6,8,11H,7H2,1H3;1-2H3. The lowest BCUT2D eigenvalue weighted by Crippen LogP contribution is -2.15. The Morgan fingerprint density at radius 2 is 1.87 bits per heavy atom. The molecule has 0 saturated heterocycles. The predicted molar refractivity (Wildman–Crippen MR) is 59.8 cm³/mol. The summed E-state index contributed by atoms with van der Waals surface area (Å²) in [5, 5.41) is 8.87. The molecule has 1 atom stereocenters. The van der Waals surface area contributed by atoms with Gasteiger partial charge in [0.05, 0.1) is 11.7 Å². The molecule has 0 amide bonds. The topological polar surface area (TPSA) is 46.5 Å². The summed E-state index contributed by atoms with van der Waals surface area (Å²) in [4.78, 5) is 11.2. The third-order valence-electron chi connectivity index (χ3n) is 1.47. The van der Waals surface area contributed by atoms with Gasteiger partial charge >= 0.3 is 5.97 Å². The molecule has 3 heteroatoms. The normalized spacial score (nSPS) is 10.9. The predicted octanol–water partition coefficient (Wildman–Crippen LogP) is 2.25. The molecule has 1 aromatic rings. The number of esters is 1. The van der Waals surface area contributed by atoms with Gasteiger partial charge in [0.2, 0.25) is 0 Å². The van der Waals surface area contributed by atoms with E-state index in [0.717, 1.165) is 0 Å². The van der Waals surface area contributed by atoms with Gasteiger partial charge in [-0.25, -0.2) is 4.79 Å². The Labute approximate surface area is 90.7 Å². The number of carbonyl (C=O) groups excluding carboxylic acids is 1. The molecule has 0 bridgehead atoms. The molecule has 15 heavy (non-hydrogen) atoms. The van der Waals surface area contributed by atoms with Gasteiger partial charge in [0, 0.05) is 0 Å². The van der Waals surface area contributed by atoms with E-state index in [1.54, 1.807) is 31.2 Å².